The Labute approximate surface area is 202 Å². The van der Waals surface area contributed by atoms with Crippen LogP contribution in [-0.2, 0) is 0 Å². The minimum Gasteiger partial charge on any atom is -0.493 e. The molecule has 0 aliphatic heterocycles. The summed E-state index contributed by atoms with van der Waals surface area (Å²) in [7, 11) is 0. The van der Waals surface area contributed by atoms with Crippen LogP contribution in [0.15, 0.2) is 48.5 Å². The molecule has 1 N–H and O–H groups in total. The molecule has 0 aliphatic carbocycles. The molecule has 0 spiro atoms. The van der Waals surface area contributed by atoms with Crippen LogP contribution in [0.25, 0.3) is 44.3 Å². The molecule has 3 aromatic carbocycles. The monoisotopic (exact) mass is 473 g/mol. The molecule has 0 atom stereocenters. The van der Waals surface area contributed by atoms with Gasteiger partial charge in [-0.15, -0.1) is 10.2 Å². The fourth-order valence-electron chi connectivity index (χ4n) is 3.84. The zero-order valence-corrected chi connectivity index (χ0v) is 20.5. The Hall–Kier alpha value is -3.52. The summed E-state index contributed by atoms with van der Waals surface area (Å²) in [5, 5.41) is 12.8. The first-order valence-corrected chi connectivity index (χ1v) is 12.2. The van der Waals surface area contributed by atoms with Crippen LogP contribution in [0.1, 0.15) is 27.7 Å². The topological polar surface area (TPSA) is 85.8 Å². The van der Waals surface area contributed by atoms with Gasteiger partial charge >= 0.3 is 0 Å². The van der Waals surface area contributed by atoms with Crippen LogP contribution in [0.3, 0.4) is 0 Å². The van der Waals surface area contributed by atoms with Crippen LogP contribution in [0.4, 0.5) is 0 Å². The van der Waals surface area contributed by atoms with E-state index >= 15 is 0 Å². The van der Waals surface area contributed by atoms with Gasteiger partial charge in [-0.2, -0.15) is 4.37 Å². The first-order chi connectivity index (χ1) is 16.5. The number of benzene rings is 3. The van der Waals surface area contributed by atoms with E-state index < -0.39 is 0 Å². The second-order valence-corrected chi connectivity index (χ2v) is 9.77. The number of rotatable bonds is 8. The Balaban J connectivity index is 1.57. The van der Waals surface area contributed by atoms with Gasteiger partial charge in [-0.1, -0.05) is 52.0 Å². The zero-order chi connectivity index (χ0) is 23.7. The number of nitrogens with zero attached hydrogens (tertiary/aromatic N) is 4. The summed E-state index contributed by atoms with van der Waals surface area (Å²) in [6.07, 6.45) is 0. The molecule has 0 fully saturated rings. The van der Waals surface area contributed by atoms with E-state index in [1.807, 2.05) is 48.5 Å². The second-order valence-electron chi connectivity index (χ2n) is 9.20. The highest BCUT2D eigenvalue weighted by atomic mass is 32.1. The third-order valence-corrected chi connectivity index (χ3v) is 6.02. The van der Waals surface area contributed by atoms with Crippen molar-refractivity contribution in [1.29, 1.82) is 0 Å². The van der Waals surface area contributed by atoms with Crippen molar-refractivity contribution in [1.82, 2.24) is 24.2 Å². The molecule has 0 saturated carbocycles. The quantitative estimate of drug-likeness (QED) is 0.282. The van der Waals surface area contributed by atoms with E-state index in [0.717, 1.165) is 55.8 Å². The number of fused-ring (bicyclic) bond motifs is 2. The summed E-state index contributed by atoms with van der Waals surface area (Å²) >= 11 is 1.31. The number of nitrogens with one attached hydrogen (secondary N) is 1. The highest BCUT2D eigenvalue weighted by Gasteiger charge is 2.22. The van der Waals surface area contributed by atoms with Crippen molar-refractivity contribution >= 4 is 33.8 Å². The molecule has 5 aromatic rings. The predicted octanol–water partition coefficient (Wildman–Crippen LogP) is 6.37. The summed E-state index contributed by atoms with van der Waals surface area (Å²) in [6, 6.07) is 16.1. The molecule has 7 nitrogen and oxygen atoms in total. The first kappa shape index (κ1) is 22.3. The Kier molecular flexibility index (Phi) is 6.15. The largest absolute Gasteiger partial charge is 0.493 e. The van der Waals surface area contributed by atoms with E-state index in [9.17, 15) is 0 Å². The van der Waals surface area contributed by atoms with Gasteiger partial charge in [0.1, 0.15) is 28.0 Å². The lowest BCUT2D eigenvalue weighted by molar-refractivity contribution is 0.271. The molecule has 2 aromatic heterocycles. The molecule has 0 unspecified atom stereocenters. The normalized spacial score (nSPS) is 11.7. The molecule has 0 saturated heterocycles. The number of hydrogen-bond acceptors (Lipinski definition) is 7. The standard InChI is InChI=1S/C26H27N5O2S/c1-15(2)13-32-19-9-5-17(6-10-19)21-23-24(28-31-27-23)22(26-25(21)29-34-30-26)18-7-11-20(12-8-18)33-14-16(3)4/h5-12,15-16,29H,13-14H2,1-4H3. The van der Waals surface area contributed by atoms with Gasteiger partial charge in [0.15, 0.2) is 0 Å². The lowest BCUT2D eigenvalue weighted by atomic mass is 9.95. The third-order valence-electron chi connectivity index (χ3n) is 5.45. The highest BCUT2D eigenvalue weighted by Crippen LogP contribution is 2.41. The number of H-pyrrole nitrogens is 1. The van der Waals surface area contributed by atoms with E-state index in [4.69, 9.17) is 13.8 Å². The third kappa shape index (κ3) is 4.33. The van der Waals surface area contributed by atoms with Crippen molar-refractivity contribution in [3.8, 4) is 33.8 Å². The average molecular weight is 474 g/mol. The highest BCUT2D eigenvalue weighted by molar-refractivity contribution is 7.00. The predicted molar refractivity (Wildman–Crippen MR) is 136 cm³/mol. The fraction of sp³-hybridized carbons (Fsp3) is 0.308. The summed E-state index contributed by atoms with van der Waals surface area (Å²) < 4.78 is 19.8. The molecule has 5 rings (SSSR count). The summed E-state index contributed by atoms with van der Waals surface area (Å²) in [4.78, 5) is 0. The van der Waals surface area contributed by atoms with E-state index in [-0.39, 0.29) is 0 Å². The lowest BCUT2D eigenvalue weighted by Gasteiger charge is -2.12. The van der Waals surface area contributed by atoms with Crippen molar-refractivity contribution in [2.45, 2.75) is 27.7 Å². The molecular weight excluding hydrogens is 446 g/mol. The van der Waals surface area contributed by atoms with Gasteiger partial charge in [0, 0.05) is 22.9 Å². The van der Waals surface area contributed by atoms with Crippen molar-refractivity contribution in [3.05, 3.63) is 48.5 Å². The van der Waals surface area contributed by atoms with Gasteiger partial charge < -0.3 is 9.47 Å². The zero-order valence-electron chi connectivity index (χ0n) is 19.7. The molecule has 2 heterocycles. The Bertz CT molecular complexity index is 1250. The van der Waals surface area contributed by atoms with Crippen molar-refractivity contribution in [2.75, 3.05) is 13.2 Å². The van der Waals surface area contributed by atoms with Gasteiger partial charge in [0.05, 0.1) is 18.7 Å². The van der Waals surface area contributed by atoms with Crippen molar-refractivity contribution in [3.63, 3.8) is 0 Å². The summed E-state index contributed by atoms with van der Waals surface area (Å²) in [6.45, 7) is 9.91. The second kappa shape index (κ2) is 9.38. The van der Waals surface area contributed by atoms with Crippen LogP contribution in [0.5, 0.6) is 11.5 Å². The SMILES string of the molecule is CC(C)COc1ccc(-c2c3nnnc3c(-c3ccc(OCC(C)C)cc3)c3[nH]snc23)cc1. The molecule has 0 amide bonds. The molecule has 0 bridgehead atoms. The Morgan fingerprint density at radius 3 is 1.74 bits per heavy atom. The average Bonchev–Trinajstić information content (AvgIpc) is 3.51. The molecule has 8 heteroatoms. The summed E-state index contributed by atoms with van der Waals surface area (Å²) in [5.41, 5.74) is 7.12. The van der Waals surface area contributed by atoms with Gasteiger partial charge in [-0.25, -0.2) is 0 Å². The minimum atomic E-state index is 0.471. The first-order valence-electron chi connectivity index (χ1n) is 11.5. The van der Waals surface area contributed by atoms with Gasteiger partial charge in [0.25, 0.3) is 0 Å². The number of hydrogen-bond donors (Lipinski definition) is 1. The van der Waals surface area contributed by atoms with Crippen LogP contribution >= 0.6 is 11.7 Å². The molecule has 0 radical (unpaired) electrons. The maximum atomic E-state index is 5.85. The maximum absolute atomic E-state index is 5.85. The molecule has 174 valence electrons. The van der Waals surface area contributed by atoms with Gasteiger partial charge in [0.2, 0.25) is 0 Å². The fourth-order valence-corrected chi connectivity index (χ4v) is 4.45. The van der Waals surface area contributed by atoms with Crippen LogP contribution < -0.4 is 9.47 Å². The summed E-state index contributed by atoms with van der Waals surface area (Å²) in [5.74, 6) is 2.64. The van der Waals surface area contributed by atoms with Crippen LogP contribution in [0.2, 0.25) is 0 Å². The molecule has 34 heavy (non-hydrogen) atoms. The Morgan fingerprint density at radius 1 is 0.706 bits per heavy atom. The molecular formula is C26H27N5O2S. The lowest BCUT2D eigenvalue weighted by Crippen LogP contribution is -2.04. The molecule has 0 aliphatic rings. The number of aromatic amines is 1. The van der Waals surface area contributed by atoms with Gasteiger partial charge in [-0.05, 0) is 52.4 Å². The number of aromatic nitrogens is 5. The van der Waals surface area contributed by atoms with Crippen LogP contribution in [0, 0.1) is 11.8 Å². The van der Waals surface area contributed by atoms with E-state index in [1.54, 1.807) is 0 Å². The van der Waals surface area contributed by atoms with E-state index in [1.165, 1.54) is 11.7 Å². The maximum Gasteiger partial charge on any atom is 0.126 e. The van der Waals surface area contributed by atoms with E-state index in [0.29, 0.717) is 25.0 Å². The van der Waals surface area contributed by atoms with Gasteiger partial charge in [-0.3, -0.25) is 4.37 Å². The number of ether oxygens (including phenoxy) is 2. The minimum absolute atomic E-state index is 0.471. The Morgan fingerprint density at radius 2 is 1.21 bits per heavy atom. The van der Waals surface area contributed by atoms with Crippen molar-refractivity contribution in [2.24, 2.45) is 11.8 Å². The van der Waals surface area contributed by atoms with Crippen molar-refractivity contribution < 1.29 is 9.47 Å². The van der Waals surface area contributed by atoms with E-state index in [2.05, 4.69) is 47.5 Å². The van der Waals surface area contributed by atoms with Crippen LogP contribution in [-0.4, -0.2) is 37.4 Å². The smallest absolute Gasteiger partial charge is 0.126 e.